The van der Waals surface area contributed by atoms with E-state index in [0.29, 0.717) is 11.5 Å². The largest absolute Gasteiger partial charge is 0.373 e. The molecule has 108 valence electrons. The maximum Gasteiger partial charge on any atom is 0.285 e. The monoisotopic (exact) mass is 304 g/mol. The molecular weight excluding hydrogens is 292 g/mol. The number of rotatable bonds is 3. The molecule has 0 saturated heterocycles. The first-order chi connectivity index (χ1) is 10.0. The van der Waals surface area contributed by atoms with Gasteiger partial charge in [0, 0.05) is 13.2 Å². The minimum Gasteiger partial charge on any atom is -0.373 e. The number of hydrogen-bond acceptors (Lipinski definition) is 6. The highest BCUT2D eigenvalue weighted by Crippen LogP contribution is 2.29. The van der Waals surface area contributed by atoms with Crippen LogP contribution in [0, 0.1) is 0 Å². The highest BCUT2D eigenvalue weighted by molar-refractivity contribution is 7.90. The Labute approximate surface area is 121 Å². The Balaban J connectivity index is 1.99. The van der Waals surface area contributed by atoms with E-state index in [-0.39, 0.29) is 17.1 Å². The summed E-state index contributed by atoms with van der Waals surface area (Å²) < 4.78 is 25.5. The maximum absolute atomic E-state index is 12.4. The number of anilines is 1. The van der Waals surface area contributed by atoms with E-state index in [1.54, 1.807) is 25.2 Å². The van der Waals surface area contributed by atoms with Gasteiger partial charge in [0.15, 0.2) is 5.03 Å². The predicted octanol–water partition coefficient (Wildman–Crippen LogP) is 0.863. The van der Waals surface area contributed by atoms with Gasteiger partial charge in [-0.3, -0.25) is 4.79 Å². The summed E-state index contributed by atoms with van der Waals surface area (Å²) in [6, 6.07) is 8.15. The summed E-state index contributed by atoms with van der Waals surface area (Å²) in [4.78, 5) is 20.3. The fourth-order valence-electron chi connectivity index (χ4n) is 2.12. The third-order valence-corrected chi connectivity index (χ3v) is 4.82. The van der Waals surface area contributed by atoms with Gasteiger partial charge >= 0.3 is 0 Å². The SMILES string of the molecule is CNc1cccc(CN2C(=O)c3cccnc3S2(=O)=O)n1. The zero-order chi connectivity index (χ0) is 15.0. The molecular formula is C13H12N4O3S. The van der Waals surface area contributed by atoms with Crippen molar-refractivity contribution in [1.29, 1.82) is 0 Å². The van der Waals surface area contributed by atoms with Crippen LogP contribution in [0.5, 0.6) is 0 Å². The van der Waals surface area contributed by atoms with E-state index in [9.17, 15) is 13.2 Å². The van der Waals surface area contributed by atoms with Crippen LogP contribution in [-0.4, -0.2) is 35.6 Å². The van der Waals surface area contributed by atoms with Crippen LogP contribution < -0.4 is 5.32 Å². The van der Waals surface area contributed by atoms with Gasteiger partial charge < -0.3 is 5.32 Å². The average Bonchev–Trinajstić information content (AvgIpc) is 2.69. The molecule has 0 bridgehead atoms. The Hall–Kier alpha value is -2.48. The molecule has 8 heteroatoms. The van der Waals surface area contributed by atoms with E-state index in [4.69, 9.17) is 0 Å². The molecule has 0 saturated carbocycles. The molecule has 21 heavy (non-hydrogen) atoms. The minimum atomic E-state index is -3.90. The number of fused-ring (bicyclic) bond motifs is 1. The molecule has 2 aromatic heterocycles. The topological polar surface area (TPSA) is 92.3 Å². The fourth-order valence-corrected chi connectivity index (χ4v) is 3.57. The second-order valence-electron chi connectivity index (χ2n) is 4.44. The standard InChI is InChI=1S/C13H12N4O3S/c1-14-11-6-2-4-9(16-11)8-17-13(18)10-5-3-7-15-12(10)21(17,19)20/h2-7H,8H2,1H3,(H,14,16). The number of pyridine rings is 2. The molecule has 1 aliphatic rings. The second kappa shape index (κ2) is 4.81. The second-order valence-corrected chi connectivity index (χ2v) is 6.21. The van der Waals surface area contributed by atoms with Crippen molar-refractivity contribution in [2.75, 3.05) is 12.4 Å². The first-order valence-electron chi connectivity index (χ1n) is 6.20. The third kappa shape index (κ3) is 2.13. The van der Waals surface area contributed by atoms with Crippen molar-refractivity contribution < 1.29 is 13.2 Å². The molecule has 3 rings (SSSR count). The lowest BCUT2D eigenvalue weighted by atomic mass is 10.2. The summed E-state index contributed by atoms with van der Waals surface area (Å²) in [7, 11) is -2.19. The number of hydrogen-bond donors (Lipinski definition) is 1. The quantitative estimate of drug-likeness (QED) is 0.904. The maximum atomic E-state index is 12.4. The molecule has 0 aromatic carbocycles. The molecule has 1 amide bonds. The summed E-state index contributed by atoms with van der Waals surface area (Å²) in [6.07, 6.45) is 1.35. The number of nitrogens with zero attached hydrogens (tertiary/aromatic N) is 3. The summed E-state index contributed by atoms with van der Waals surface area (Å²) in [5.74, 6) is 0.0296. The van der Waals surface area contributed by atoms with Gasteiger partial charge in [-0.05, 0) is 24.3 Å². The average molecular weight is 304 g/mol. The van der Waals surface area contributed by atoms with Gasteiger partial charge in [0.25, 0.3) is 15.9 Å². The van der Waals surface area contributed by atoms with Crippen molar-refractivity contribution in [3.8, 4) is 0 Å². The normalized spacial score (nSPS) is 15.9. The molecule has 0 fully saturated rings. The molecule has 1 aliphatic heterocycles. The van der Waals surface area contributed by atoms with Gasteiger partial charge in [0.2, 0.25) is 0 Å². The van der Waals surface area contributed by atoms with Gasteiger partial charge in [-0.1, -0.05) is 6.07 Å². The molecule has 3 heterocycles. The van der Waals surface area contributed by atoms with E-state index in [2.05, 4.69) is 15.3 Å². The molecule has 0 aliphatic carbocycles. The fraction of sp³-hybridized carbons (Fsp3) is 0.154. The van der Waals surface area contributed by atoms with Gasteiger partial charge in [-0.2, -0.15) is 8.42 Å². The van der Waals surface area contributed by atoms with Crippen LogP contribution in [0.4, 0.5) is 5.82 Å². The van der Waals surface area contributed by atoms with Crippen LogP contribution >= 0.6 is 0 Å². The summed E-state index contributed by atoms with van der Waals surface area (Å²) in [6.45, 7) is -0.118. The van der Waals surface area contributed by atoms with Gasteiger partial charge in [-0.15, -0.1) is 0 Å². The van der Waals surface area contributed by atoms with Gasteiger partial charge in [0.05, 0.1) is 17.8 Å². The van der Waals surface area contributed by atoms with Crippen LogP contribution in [-0.2, 0) is 16.6 Å². The van der Waals surface area contributed by atoms with E-state index in [1.807, 2.05) is 0 Å². The first-order valence-corrected chi connectivity index (χ1v) is 7.64. The lowest BCUT2D eigenvalue weighted by Crippen LogP contribution is -2.30. The molecule has 0 atom stereocenters. The van der Waals surface area contributed by atoms with E-state index >= 15 is 0 Å². The Morgan fingerprint density at radius 2 is 2.05 bits per heavy atom. The Morgan fingerprint density at radius 1 is 1.24 bits per heavy atom. The first kappa shape index (κ1) is 13.5. The Kier molecular flexibility index (Phi) is 3.09. The zero-order valence-corrected chi connectivity index (χ0v) is 12.0. The minimum absolute atomic E-state index is 0.0993. The third-order valence-electron chi connectivity index (χ3n) is 3.13. The van der Waals surface area contributed by atoms with Crippen LogP contribution in [0.1, 0.15) is 16.1 Å². The van der Waals surface area contributed by atoms with Crippen LogP contribution in [0.2, 0.25) is 0 Å². The van der Waals surface area contributed by atoms with Crippen molar-refractivity contribution >= 4 is 21.7 Å². The molecule has 1 N–H and O–H groups in total. The highest BCUT2D eigenvalue weighted by Gasteiger charge is 2.42. The number of nitrogens with one attached hydrogen (secondary N) is 1. The molecule has 0 unspecified atom stereocenters. The molecule has 7 nitrogen and oxygen atoms in total. The van der Waals surface area contributed by atoms with E-state index in [0.717, 1.165) is 4.31 Å². The number of aromatic nitrogens is 2. The Bertz CT molecular complexity index is 820. The van der Waals surface area contributed by atoms with Crippen molar-refractivity contribution in [1.82, 2.24) is 14.3 Å². The van der Waals surface area contributed by atoms with Gasteiger partial charge in [0.1, 0.15) is 5.82 Å². The predicted molar refractivity (Wildman–Crippen MR) is 75.1 cm³/mol. The van der Waals surface area contributed by atoms with Crippen molar-refractivity contribution in [3.05, 3.63) is 47.8 Å². The van der Waals surface area contributed by atoms with Gasteiger partial charge in [-0.25, -0.2) is 14.3 Å². The molecule has 0 radical (unpaired) electrons. The zero-order valence-electron chi connectivity index (χ0n) is 11.1. The molecule has 2 aromatic rings. The number of sulfonamides is 1. The van der Waals surface area contributed by atoms with Crippen LogP contribution in [0.3, 0.4) is 0 Å². The lowest BCUT2D eigenvalue weighted by Gasteiger charge is -2.14. The number of carbonyl (C=O) groups is 1. The summed E-state index contributed by atoms with van der Waals surface area (Å²) >= 11 is 0. The summed E-state index contributed by atoms with van der Waals surface area (Å²) in [5, 5.41) is 2.67. The number of amides is 1. The highest BCUT2D eigenvalue weighted by atomic mass is 32.2. The van der Waals surface area contributed by atoms with Crippen LogP contribution in [0.15, 0.2) is 41.6 Å². The molecule has 0 spiro atoms. The van der Waals surface area contributed by atoms with Crippen molar-refractivity contribution in [2.24, 2.45) is 0 Å². The van der Waals surface area contributed by atoms with E-state index in [1.165, 1.54) is 18.3 Å². The smallest absolute Gasteiger partial charge is 0.285 e. The Morgan fingerprint density at radius 3 is 2.76 bits per heavy atom. The summed E-state index contributed by atoms with van der Waals surface area (Å²) in [5.41, 5.74) is 0.578. The van der Waals surface area contributed by atoms with E-state index < -0.39 is 15.9 Å². The lowest BCUT2D eigenvalue weighted by molar-refractivity contribution is 0.0863. The number of carbonyl (C=O) groups excluding carboxylic acids is 1. The van der Waals surface area contributed by atoms with Crippen molar-refractivity contribution in [3.63, 3.8) is 0 Å². The van der Waals surface area contributed by atoms with Crippen molar-refractivity contribution in [2.45, 2.75) is 11.6 Å². The van der Waals surface area contributed by atoms with Crippen LogP contribution in [0.25, 0.3) is 0 Å².